The van der Waals surface area contributed by atoms with E-state index in [1.165, 1.54) is 19.1 Å². The van der Waals surface area contributed by atoms with Gasteiger partial charge in [-0.2, -0.15) is 0 Å². The molecule has 0 aromatic heterocycles. The molecule has 7 heteroatoms. The Morgan fingerprint density at radius 3 is 2.84 bits per heavy atom. The van der Waals surface area contributed by atoms with Crippen LogP contribution in [-0.4, -0.2) is 40.3 Å². The lowest BCUT2D eigenvalue weighted by molar-refractivity contribution is -0.138. The van der Waals surface area contributed by atoms with Crippen molar-refractivity contribution in [1.82, 2.24) is 10.2 Å². The van der Waals surface area contributed by atoms with E-state index in [-0.39, 0.29) is 17.9 Å². The molecule has 1 heterocycles. The van der Waals surface area contributed by atoms with Crippen molar-refractivity contribution in [3.05, 3.63) is 27.3 Å². The molecule has 1 atom stereocenters. The smallest absolute Gasteiger partial charge is 0.258 e. The van der Waals surface area contributed by atoms with Gasteiger partial charge in [0, 0.05) is 3.57 Å². The van der Waals surface area contributed by atoms with Gasteiger partial charge in [0.1, 0.15) is 18.3 Å². The van der Waals surface area contributed by atoms with Crippen molar-refractivity contribution in [2.45, 2.75) is 13.0 Å². The third kappa shape index (κ3) is 2.70. The average molecular weight is 374 g/mol. The number of aromatic hydroxyl groups is 1. The van der Waals surface area contributed by atoms with Crippen LogP contribution in [0.1, 0.15) is 17.3 Å². The summed E-state index contributed by atoms with van der Waals surface area (Å²) in [4.78, 5) is 36.3. The minimum atomic E-state index is -0.748. The van der Waals surface area contributed by atoms with Crippen LogP contribution in [0.4, 0.5) is 0 Å². The Morgan fingerprint density at radius 2 is 2.16 bits per heavy atom. The van der Waals surface area contributed by atoms with Crippen LogP contribution in [0.2, 0.25) is 0 Å². The normalized spacial score (nSPS) is 19.3. The van der Waals surface area contributed by atoms with Crippen molar-refractivity contribution in [2.75, 3.05) is 6.54 Å². The molecule has 0 spiro atoms. The molecule has 1 aromatic rings. The largest absolute Gasteiger partial charge is 0.507 e. The van der Waals surface area contributed by atoms with E-state index in [1.807, 2.05) is 22.6 Å². The van der Waals surface area contributed by atoms with Crippen molar-refractivity contribution in [2.24, 2.45) is 0 Å². The second-order valence-corrected chi connectivity index (χ2v) is 5.43. The molecule has 0 bridgehead atoms. The van der Waals surface area contributed by atoms with Crippen molar-refractivity contribution in [1.29, 1.82) is 0 Å². The molecule has 1 fully saturated rings. The molecule has 2 rings (SSSR count). The van der Waals surface area contributed by atoms with E-state index in [9.17, 15) is 19.5 Å². The van der Waals surface area contributed by atoms with E-state index in [0.717, 1.165) is 8.47 Å². The summed E-state index contributed by atoms with van der Waals surface area (Å²) in [6.45, 7) is 1.33. The Kier molecular flexibility index (Phi) is 3.74. The molecule has 1 aromatic carbocycles. The van der Waals surface area contributed by atoms with Gasteiger partial charge in [-0.25, -0.2) is 0 Å². The molecule has 1 unspecified atom stereocenters. The van der Waals surface area contributed by atoms with Crippen molar-refractivity contribution in [3.8, 4) is 5.75 Å². The highest BCUT2D eigenvalue weighted by Crippen LogP contribution is 2.22. The summed E-state index contributed by atoms with van der Waals surface area (Å²) in [6.07, 6.45) is 0. The van der Waals surface area contributed by atoms with E-state index in [0.29, 0.717) is 0 Å². The number of nitrogens with zero attached hydrogens (tertiary/aromatic N) is 1. The van der Waals surface area contributed by atoms with Crippen LogP contribution in [0.25, 0.3) is 0 Å². The third-order valence-electron chi connectivity index (χ3n) is 2.87. The van der Waals surface area contributed by atoms with E-state index >= 15 is 0 Å². The van der Waals surface area contributed by atoms with Crippen molar-refractivity contribution in [3.63, 3.8) is 0 Å². The first-order valence-corrected chi connectivity index (χ1v) is 6.61. The van der Waals surface area contributed by atoms with Crippen LogP contribution in [0.5, 0.6) is 5.75 Å². The number of benzene rings is 1. The zero-order valence-electron chi connectivity index (χ0n) is 10.0. The fourth-order valence-corrected chi connectivity index (χ4v) is 2.29. The van der Waals surface area contributed by atoms with Crippen LogP contribution in [0.15, 0.2) is 18.2 Å². The lowest BCUT2D eigenvalue weighted by atomic mass is 10.1. The number of carbonyl (C=O) groups excluding carboxylic acids is 3. The fourth-order valence-electron chi connectivity index (χ4n) is 1.80. The van der Waals surface area contributed by atoms with Crippen LogP contribution < -0.4 is 5.32 Å². The molecule has 19 heavy (non-hydrogen) atoms. The summed E-state index contributed by atoms with van der Waals surface area (Å²) in [5.41, 5.74) is 0.0845. The molecule has 1 saturated heterocycles. The lowest BCUT2D eigenvalue weighted by Crippen LogP contribution is -2.58. The number of rotatable bonds is 1. The zero-order chi connectivity index (χ0) is 14.2. The van der Waals surface area contributed by atoms with Crippen molar-refractivity contribution >= 4 is 40.3 Å². The number of hydrogen-bond acceptors (Lipinski definition) is 4. The third-order valence-corrected chi connectivity index (χ3v) is 3.54. The number of hydrogen-bond donors (Lipinski definition) is 2. The Bertz CT molecular complexity index is 573. The SMILES string of the molecule is CC1C(=O)NC(=O)CN1C(=O)c1cc(I)ccc1O. The quantitative estimate of drug-likeness (QED) is 0.553. The molecular weight excluding hydrogens is 363 g/mol. The molecule has 1 aliphatic rings. The highest BCUT2D eigenvalue weighted by Gasteiger charge is 2.34. The number of amides is 3. The number of phenols is 1. The second kappa shape index (κ2) is 5.16. The minimum Gasteiger partial charge on any atom is -0.507 e. The lowest BCUT2D eigenvalue weighted by Gasteiger charge is -2.31. The van der Waals surface area contributed by atoms with Crippen LogP contribution in [0, 0.1) is 3.57 Å². The van der Waals surface area contributed by atoms with Gasteiger partial charge in [0.25, 0.3) is 5.91 Å². The zero-order valence-corrected chi connectivity index (χ0v) is 12.2. The van der Waals surface area contributed by atoms with Crippen LogP contribution >= 0.6 is 22.6 Å². The highest BCUT2D eigenvalue weighted by molar-refractivity contribution is 14.1. The molecule has 100 valence electrons. The van der Waals surface area contributed by atoms with Gasteiger partial charge in [-0.05, 0) is 47.7 Å². The van der Waals surface area contributed by atoms with Gasteiger partial charge in [-0.15, -0.1) is 0 Å². The Morgan fingerprint density at radius 1 is 1.47 bits per heavy atom. The summed E-state index contributed by atoms with van der Waals surface area (Å²) < 4.78 is 0.777. The maximum atomic E-state index is 12.3. The van der Waals surface area contributed by atoms with Crippen molar-refractivity contribution < 1.29 is 19.5 Å². The van der Waals surface area contributed by atoms with Gasteiger partial charge in [-0.1, -0.05) is 0 Å². The van der Waals surface area contributed by atoms with E-state index in [1.54, 1.807) is 6.07 Å². The number of imide groups is 1. The standard InChI is InChI=1S/C12H11IN2O4/c1-6-11(18)14-10(17)5-15(6)12(19)8-4-7(13)2-3-9(8)16/h2-4,6,16H,5H2,1H3,(H,14,17,18). The van der Waals surface area contributed by atoms with E-state index < -0.39 is 23.8 Å². The average Bonchev–Trinajstić information content (AvgIpc) is 2.36. The first-order chi connectivity index (χ1) is 8.90. The maximum Gasteiger partial charge on any atom is 0.258 e. The summed E-state index contributed by atoms with van der Waals surface area (Å²) >= 11 is 2.01. The predicted molar refractivity (Wildman–Crippen MR) is 74.5 cm³/mol. The van der Waals surface area contributed by atoms with Gasteiger partial charge in [0.05, 0.1) is 5.56 Å². The molecule has 0 radical (unpaired) electrons. The first-order valence-electron chi connectivity index (χ1n) is 5.53. The van der Waals surface area contributed by atoms with E-state index in [4.69, 9.17) is 0 Å². The summed E-state index contributed by atoms with van der Waals surface area (Å²) in [7, 11) is 0. The fraction of sp³-hybridized carbons (Fsp3) is 0.250. The van der Waals surface area contributed by atoms with E-state index in [2.05, 4.69) is 5.32 Å². The molecule has 6 nitrogen and oxygen atoms in total. The molecule has 0 saturated carbocycles. The molecule has 0 aliphatic carbocycles. The molecule has 2 N–H and O–H groups in total. The predicted octanol–water partition coefficient (Wildman–Crippen LogP) is 0.484. The van der Waals surface area contributed by atoms with Gasteiger partial charge in [0.2, 0.25) is 11.8 Å². The topological polar surface area (TPSA) is 86.7 Å². The van der Waals surface area contributed by atoms with Gasteiger partial charge in [-0.3, -0.25) is 19.7 Å². The van der Waals surface area contributed by atoms with Gasteiger partial charge >= 0.3 is 0 Å². The van der Waals surface area contributed by atoms with Gasteiger partial charge < -0.3 is 10.0 Å². The second-order valence-electron chi connectivity index (χ2n) is 4.18. The number of halogens is 1. The molecule has 3 amide bonds. The Hall–Kier alpha value is -1.64. The Balaban J connectivity index is 2.35. The number of piperazine rings is 1. The maximum absolute atomic E-state index is 12.3. The first kappa shape index (κ1) is 13.8. The summed E-state index contributed by atoms with van der Waals surface area (Å²) in [5, 5.41) is 11.9. The van der Waals surface area contributed by atoms with Gasteiger partial charge in [0.15, 0.2) is 0 Å². The number of nitrogens with one attached hydrogen (secondary N) is 1. The highest BCUT2D eigenvalue weighted by atomic mass is 127. The summed E-state index contributed by atoms with van der Waals surface area (Å²) in [5.74, 6) is -1.75. The minimum absolute atomic E-state index is 0.0845. The number of carbonyl (C=O) groups is 3. The Labute approximate surface area is 122 Å². The van der Waals surface area contributed by atoms with Crippen LogP contribution in [0.3, 0.4) is 0 Å². The molecule has 1 aliphatic heterocycles. The summed E-state index contributed by atoms with van der Waals surface area (Å²) in [6, 6.07) is 3.83. The monoisotopic (exact) mass is 374 g/mol. The molecular formula is C12H11IN2O4. The van der Waals surface area contributed by atoms with Crippen LogP contribution in [-0.2, 0) is 9.59 Å². The number of phenolic OH excluding ortho intramolecular Hbond substituents is 1.